The average molecular weight is 471 g/mol. The molecule has 0 unspecified atom stereocenters. The molecule has 4 rings (SSSR count). The number of aromatic amines is 1. The lowest BCUT2D eigenvalue weighted by Gasteiger charge is -2.10. The summed E-state index contributed by atoms with van der Waals surface area (Å²) in [5.74, 6) is -0.269. The molecule has 14 heteroatoms. The molecule has 2 heterocycles. The Hall–Kier alpha value is -3.77. The van der Waals surface area contributed by atoms with Gasteiger partial charge in [0.15, 0.2) is 5.82 Å². The van der Waals surface area contributed by atoms with Gasteiger partial charge in [-0.15, -0.1) is 0 Å². The number of hydrogen-bond acceptors (Lipinski definition) is 8. The molecule has 0 atom stereocenters. The number of anilines is 1. The Balaban J connectivity index is 0.000000218. The van der Waals surface area contributed by atoms with Crippen LogP contribution in [0.15, 0.2) is 48.9 Å². The summed E-state index contributed by atoms with van der Waals surface area (Å²) < 4.78 is 38.9. The highest BCUT2D eigenvalue weighted by Gasteiger charge is 2.17. The summed E-state index contributed by atoms with van der Waals surface area (Å²) in [4.78, 5) is 4.14. The van der Waals surface area contributed by atoms with Crippen molar-refractivity contribution in [2.24, 2.45) is 0 Å². The van der Waals surface area contributed by atoms with Gasteiger partial charge >= 0.3 is 17.3 Å². The van der Waals surface area contributed by atoms with E-state index in [0.717, 1.165) is 36.9 Å². The van der Waals surface area contributed by atoms with Crippen LogP contribution in [0.25, 0.3) is 22.2 Å². The number of fused-ring (bicyclic) bond motifs is 1. The number of hydrogen-bond donors (Lipinski definition) is 4. The Labute approximate surface area is 188 Å². The van der Waals surface area contributed by atoms with Crippen molar-refractivity contribution in [2.45, 2.75) is 0 Å². The second-order valence-electron chi connectivity index (χ2n) is 6.97. The van der Waals surface area contributed by atoms with Crippen LogP contribution in [0.1, 0.15) is 5.56 Å². The van der Waals surface area contributed by atoms with E-state index in [1.54, 1.807) is 6.07 Å². The molecule has 0 saturated carbocycles. The van der Waals surface area contributed by atoms with Gasteiger partial charge in [0.2, 0.25) is 0 Å². The Morgan fingerprint density at radius 2 is 1.97 bits per heavy atom. The number of rotatable bonds is 4. The summed E-state index contributed by atoms with van der Waals surface area (Å²) in [6.07, 6.45) is 2.74. The molecule has 11 nitrogen and oxygen atoms in total. The number of nitrogens with two attached hydrogens (primary N) is 1. The first kappa shape index (κ1) is 23.9. The van der Waals surface area contributed by atoms with Crippen LogP contribution in [0.2, 0.25) is 0 Å². The van der Waals surface area contributed by atoms with Crippen molar-refractivity contribution in [1.82, 2.24) is 23.5 Å². The van der Waals surface area contributed by atoms with Crippen molar-refractivity contribution in [1.29, 1.82) is 5.26 Å². The van der Waals surface area contributed by atoms with Gasteiger partial charge in [0.25, 0.3) is 0 Å². The SMILES string of the molecule is CN(C)S(=O)(=O)n1cnc(-c2ccc3[nH]nc(N)c3c2)c1.N#Cc1cc(B(O)O)ccc1F. The molecule has 0 saturated heterocycles. The molecule has 0 radical (unpaired) electrons. The van der Waals surface area contributed by atoms with Crippen molar-refractivity contribution in [3.8, 4) is 17.3 Å². The number of aromatic nitrogens is 4. The lowest BCUT2D eigenvalue weighted by molar-refractivity contribution is 0.425. The zero-order valence-corrected chi connectivity index (χ0v) is 18.3. The lowest BCUT2D eigenvalue weighted by atomic mass is 9.80. The second-order valence-corrected chi connectivity index (χ2v) is 9.02. The molecule has 0 spiro atoms. The Morgan fingerprint density at radius 3 is 2.61 bits per heavy atom. The summed E-state index contributed by atoms with van der Waals surface area (Å²) in [5, 5.41) is 33.2. The third kappa shape index (κ3) is 5.02. The van der Waals surface area contributed by atoms with E-state index in [0.29, 0.717) is 11.5 Å². The number of nitrogens with zero attached hydrogens (tertiary/aromatic N) is 5. The van der Waals surface area contributed by atoms with Crippen molar-refractivity contribution in [2.75, 3.05) is 19.8 Å². The van der Waals surface area contributed by atoms with Crippen molar-refractivity contribution in [3.63, 3.8) is 0 Å². The van der Waals surface area contributed by atoms with Gasteiger partial charge in [-0.2, -0.15) is 23.1 Å². The van der Waals surface area contributed by atoms with E-state index in [4.69, 9.17) is 21.0 Å². The summed E-state index contributed by atoms with van der Waals surface area (Å²) in [6, 6.07) is 10.4. The molecule has 0 bridgehead atoms. The van der Waals surface area contributed by atoms with Crippen LogP contribution in [-0.4, -0.2) is 63.1 Å². The smallest absolute Gasteiger partial charge is 0.423 e. The molecule has 33 heavy (non-hydrogen) atoms. The average Bonchev–Trinajstić information content (AvgIpc) is 3.42. The summed E-state index contributed by atoms with van der Waals surface area (Å²) >= 11 is 0. The zero-order chi connectivity index (χ0) is 24.3. The summed E-state index contributed by atoms with van der Waals surface area (Å²) in [6.45, 7) is 0. The van der Waals surface area contributed by atoms with E-state index in [9.17, 15) is 12.8 Å². The fourth-order valence-electron chi connectivity index (χ4n) is 2.75. The highest BCUT2D eigenvalue weighted by atomic mass is 32.2. The van der Waals surface area contributed by atoms with Gasteiger partial charge in [0, 0.05) is 31.2 Å². The van der Waals surface area contributed by atoms with Gasteiger partial charge in [-0.1, -0.05) is 12.1 Å². The van der Waals surface area contributed by atoms with Gasteiger partial charge in [0.1, 0.15) is 18.2 Å². The van der Waals surface area contributed by atoms with Crippen LogP contribution in [0.5, 0.6) is 0 Å². The van der Waals surface area contributed by atoms with E-state index in [-0.39, 0.29) is 11.0 Å². The topological polar surface area (TPSA) is 174 Å². The fraction of sp³-hybridized carbons (Fsp3) is 0.105. The number of nitrogen functional groups attached to an aromatic ring is 1. The first-order chi connectivity index (χ1) is 15.5. The molecule has 4 aromatic rings. The molecule has 0 fully saturated rings. The maximum atomic E-state index is 12.6. The Kier molecular flexibility index (Phi) is 6.80. The van der Waals surface area contributed by atoms with Gasteiger partial charge < -0.3 is 15.8 Å². The highest BCUT2D eigenvalue weighted by Crippen LogP contribution is 2.25. The standard InChI is InChI=1S/C12H14N6O2S.C7H5BFNO2/c1-17(2)21(19,20)18-6-11(14-7-18)8-3-4-10-9(5-8)12(13)16-15-10;9-7-2-1-6(8(11)12)3-5(7)4-10/h3-7H,1-2H3,(H3,13,15,16);1-3,11-12H. The minimum atomic E-state index is -3.56. The molecular formula is C19H19BFN7O4S. The third-order valence-corrected chi connectivity index (χ3v) is 6.24. The van der Waals surface area contributed by atoms with Crippen LogP contribution in [-0.2, 0) is 10.2 Å². The number of halogens is 1. The number of H-pyrrole nitrogens is 1. The van der Waals surface area contributed by atoms with Crippen LogP contribution in [0.4, 0.5) is 10.2 Å². The minimum Gasteiger partial charge on any atom is -0.423 e. The molecule has 0 aliphatic heterocycles. The van der Waals surface area contributed by atoms with Crippen LogP contribution in [0, 0.1) is 17.1 Å². The number of imidazole rings is 1. The molecule has 5 N–H and O–H groups in total. The van der Waals surface area contributed by atoms with Crippen LogP contribution < -0.4 is 11.2 Å². The van der Waals surface area contributed by atoms with Crippen LogP contribution in [0.3, 0.4) is 0 Å². The first-order valence-electron chi connectivity index (χ1n) is 9.31. The van der Waals surface area contributed by atoms with E-state index >= 15 is 0 Å². The number of benzene rings is 2. The van der Waals surface area contributed by atoms with Gasteiger partial charge in [-0.05, 0) is 29.7 Å². The first-order valence-corrected chi connectivity index (χ1v) is 10.7. The Bertz CT molecular complexity index is 1440. The predicted octanol–water partition coefficient (Wildman–Crippen LogP) is 0.0403. The molecule has 0 aliphatic rings. The molecular weight excluding hydrogens is 452 g/mol. The monoisotopic (exact) mass is 471 g/mol. The maximum Gasteiger partial charge on any atom is 0.488 e. The molecule has 2 aromatic carbocycles. The predicted molar refractivity (Wildman–Crippen MR) is 121 cm³/mol. The lowest BCUT2D eigenvalue weighted by Crippen LogP contribution is -2.30. The molecule has 0 aliphatic carbocycles. The van der Waals surface area contributed by atoms with Crippen LogP contribution >= 0.6 is 0 Å². The molecule has 170 valence electrons. The summed E-state index contributed by atoms with van der Waals surface area (Å²) in [5.41, 5.74) is 7.81. The second kappa shape index (κ2) is 9.39. The fourth-order valence-corrected chi connectivity index (χ4v) is 3.53. The summed E-state index contributed by atoms with van der Waals surface area (Å²) in [7, 11) is -2.30. The van der Waals surface area contributed by atoms with Gasteiger partial charge in [-0.3, -0.25) is 5.10 Å². The highest BCUT2D eigenvalue weighted by molar-refractivity contribution is 7.87. The minimum absolute atomic E-state index is 0.105. The van der Waals surface area contributed by atoms with Gasteiger partial charge in [0.05, 0.1) is 16.8 Å². The Morgan fingerprint density at radius 1 is 1.24 bits per heavy atom. The largest absolute Gasteiger partial charge is 0.488 e. The molecule has 2 aromatic heterocycles. The van der Waals surface area contributed by atoms with E-state index in [1.807, 2.05) is 18.2 Å². The normalized spacial score (nSPS) is 11.2. The number of nitriles is 1. The zero-order valence-electron chi connectivity index (χ0n) is 17.5. The van der Waals surface area contributed by atoms with E-state index in [1.165, 1.54) is 32.7 Å². The maximum absolute atomic E-state index is 12.6. The number of nitrogens with one attached hydrogen (secondary N) is 1. The molecule has 0 amide bonds. The van der Waals surface area contributed by atoms with Crippen molar-refractivity contribution < 1.29 is 22.9 Å². The van der Waals surface area contributed by atoms with E-state index < -0.39 is 23.1 Å². The van der Waals surface area contributed by atoms with Gasteiger partial charge in [-0.25, -0.2) is 13.3 Å². The van der Waals surface area contributed by atoms with E-state index in [2.05, 4.69) is 15.2 Å². The quantitative estimate of drug-likeness (QED) is 0.302. The third-order valence-electron chi connectivity index (χ3n) is 4.59. The van der Waals surface area contributed by atoms with Crippen molar-refractivity contribution >= 4 is 39.5 Å². The van der Waals surface area contributed by atoms with Crippen molar-refractivity contribution in [3.05, 3.63) is 60.3 Å².